The molecule has 5 heteroatoms. The molecule has 1 aliphatic rings. The summed E-state index contributed by atoms with van der Waals surface area (Å²) in [6.45, 7) is 0.912. The molecule has 21 heavy (non-hydrogen) atoms. The fourth-order valence-electron chi connectivity index (χ4n) is 2.71. The Labute approximate surface area is 134 Å². The number of fused-ring (bicyclic) bond motifs is 1. The topological polar surface area (TPSA) is 50.9 Å². The molecule has 3 rings (SSSR count). The van der Waals surface area contributed by atoms with Crippen molar-refractivity contribution in [3.63, 3.8) is 0 Å². The molecule has 1 heterocycles. The molecule has 0 unspecified atom stereocenters. The SMILES string of the molecule is CSC1(CNc2nc3ccccc3cc2C(N)=S)CCC1. The smallest absolute Gasteiger partial charge is 0.137 e. The van der Waals surface area contributed by atoms with Gasteiger partial charge in [-0.25, -0.2) is 4.98 Å². The van der Waals surface area contributed by atoms with Crippen molar-refractivity contribution in [1.29, 1.82) is 0 Å². The largest absolute Gasteiger partial charge is 0.389 e. The monoisotopic (exact) mass is 317 g/mol. The number of aromatic nitrogens is 1. The van der Waals surface area contributed by atoms with Gasteiger partial charge in [0.05, 0.1) is 11.1 Å². The summed E-state index contributed by atoms with van der Waals surface area (Å²) in [4.78, 5) is 5.10. The van der Waals surface area contributed by atoms with Gasteiger partial charge in [-0.05, 0) is 31.2 Å². The quantitative estimate of drug-likeness (QED) is 0.826. The van der Waals surface area contributed by atoms with E-state index in [0.29, 0.717) is 9.74 Å². The second-order valence-electron chi connectivity index (χ2n) is 5.54. The third-order valence-corrected chi connectivity index (χ3v) is 5.90. The minimum atomic E-state index is 0.348. The first-order valence-corrected chi connectivity index (χ1v) is 8.75. The van der Waals surface area contributed by atoms with E-state index in [1.807, 2.05) is 42.1 Å². The maximum Gasteiger partial charge on any atom is 0.137 e. The summed E-state index contributed by atoms with van der Waals surface area (Å²) in [5, 5.41) is 4.54. The number of thioether (sulfide) groups is 1. The Kier molecular flexibility index (Phi) is 4.04. The Balaban J connectivity index is 1.92. The third-order valence-electron chi connectivity index (χ3n) is 4.27. The highest BCUT2D eigenvalue weighted by Gasteiger charge is 2.36. The molecule has 1 saturated carbocycles. The summed E-state index contributed by atoms with van der Waals surface area (Å²) in [6.07, 6.45) is 6.02. The number of nitrogens with two attached hydrogens (primary N) is 1. The second-order valence-corrected chi connectivity index (χ2v) is 7.25. The van der Waals surface area contributed by atoms with Gasteiger partial charge >= 0.3 is 0 Å². The molecule has 0 atom stereocenters. The Bertz CT molecular complexity index is 675. The highest BCUT2D eigenvalue weighted by molar-refractivity contribution is 8.00. The van der Waals surface area contributed by atoms with Crippen LogP contribution in [0.25, 0.3) is 10.9 Å². The van der Waals surface area contributed by atoms with Gasteiger partial charge in [0.1, 0.15) is 10.8 Å². The molecule has 0 amide bonds. The number of rotatable bonds is 5. The van der Waals surface area contributed by atoms with E-state index < -0.39 is 0 Å². The van der Waals surface area contributed by atoms with E-state index in [4.69, 9.17) is 22.9 Å². The Morgan fingerprint density at radius 2 is 2.19 bits per heavy atom. The number of benzene rings is 1. The van der Waals surface area contributed by atoms with Crippen molar-refractivity contribution >= 4 is 45.7 Å². The Hall–Kier alpha value is -1.33. The zero-order chi connectivity index (χ0) is 14.9. The van der Waals surface area contributed by atoms with Crippen molar-refractivity contribution in [2.75, 3.05) is 18.1 Å². The number of pyridine rings is 1. The lowest BCUT2D eigenvalue weighted by Gasteiger charge is -2.40. The minimum Gasteiger partial charge on any atom is -0.389 e. The van der Waals surface area contributed by atoms with E-state index in [1.54, 1.807) is 0 Å². The average Bonchev–Trinajstić information content (AvgIpc) is 2.45. The summed E-state index contributed by atoms with van der Waals surface area (Å²) < 4.78 is 0.348. The van der Waals surface area contributed by atoms with Crippen LogP contribution in [0.15, 0.2) is 30.3 Å². The molecule has 2 aromatic rings. The van der Waals surface area contributed by atoms with Crippen molar-refractivity contribution < 1.29 is 0 Å². The van der Waals surface area contributed by atoms with Crippen molar-refractivity contribution in [3.05, 3.63) is 35.9 Å². The molecule has 3 nitrogen and oxygen atoms in total. The lowest BCUT2D eigenvalue weighted by Crippen LogP contribution is -2.40. The molecule has 0 bridgehead atoms. The average molecular weight is 317 g/mol. The summed E-state index contributed by atoms with van der Waals surface area (Å²) >= 11 is 7.13. The van der Waals surface area contributed by atoms with Crippen molar-refractivity contribution in [1.82, 2.24) is 4.98 Å². The van der Waals surface area contributed by atoms with Crippen molar-refractivity contribution in [3.8, 4) is 0 Å². The lowest BCUT2D eigenvalue weighted by molar-refractivity contribution is 0.379. The molecule has 3 N–H and O–H groups in total. The number of nitrogens with zero attached hydrogens (tertiary/aromatic N) is 1. The summed E-state index contributed by atoms with van der Waals surface area (Å²) in [7, 11) is 0. The predicted octanol–water partition coefficient (Wildman–Crippen LogP) is 3.57. The molecule has 0 radical (unpaired) electrons. The van der Waals surface area contributed by atoms with Gasteiger partial charge in [0.25, 0.3) is 0 Å². The van der Waals surface area contributed by atoms with Crippen LogP contribution in [0.3, 0.4) is 0 Å². The van der Waals surface area contributed by atoms with Crippen LogP contribution in [0.4, 0.5) is 5.82 Å². The highest BCUT2D eigenvalue weighted by atomic mass is 32.2. The van der Waals surface area contributed by atoms with Crippen LogP contribution < -0.4 is 11.1 Å². The van der Waals surface area contributed by atoms with Crippen LogP contribution in [0.1, 0.15) is 24.8 Å². The lowest BCUT2D eigenvalue weighted by atomic mass is 9.84. The molecule has 1 aromatic heterocycles. The number of nitrogens with one attached hydrogen (secondary N) is 1. The molecule has 1 aromatic carbocycles. The van der Waals surface area contributed by atoms with Gasteiger partial charge in [0, 0.05) is 16.7 Å². The molecular formula is C16H19N3S2. The fraction of sp³-hybridized carbons (Fsp3) is 0.375. The molecule has 1 aliphatic carbocycles. The number of hydrogen-bond acceptors (Lipinski definition) is 4. The van der Waals surface area contributed by atoms with E-state index >= 15 is 0 Å². The predicted molar refractivity (Wildman–Crippen MR) is 96.2 cm³/mol. The van der Waals surface area contributed by atoms with Gasteiger partial charge < -0.3 is 11.1 Å². The van der Waals surface area contributed by atoms with E-state index in [9.17, 15) is 0 Å². The molecule has 0 saturated heterocycles. The van der Waals surface area contributed by atoms with E-state index in [-0.39, 0.29) is 0 Å². The van der Waals surface area contributed by atoms with Crippen LogP contribution in [0, 0.1) is 0 Å². The minimum absolute atomic E-state index is 0.348. The highest BCUT2D eigenvalue weighted by Crippen LogP contribution is 2.42. The summed E-state index contributed by atoms with van der Waals surface area (Å²) in [5.74, 6) is 0.807. The summed E-state index contributed by atoms with van der Waals surface area (Å²) in [6, 6.07) is 10.1. The van der Waals surface area contributed by atoms with E-state index in [1.165, 1.54) is 19.3 Å². The van der Waals surface area contributed by atoms with Gasteiger partial charge in [-0.15, -0.1) is 0 Å². The number of para-hydroxylation sites is 1. The van der Waals surface area contributed by atoms with Crippen LogP contribution in [0.5, 0.6) is 0 Å². The third kappa shape index (κ3) is 2.85. The molecule has 0 spiro atoms. The second kappa shape index (κ2) is 5.81. The van der Waals surface area contributed by atoms with Gasteiger partial charge in [0.2, 0.25) is 0 Å². The van der Waals surface area contributed by atoms with E-state index in [2.05, 4.69) is 11.6 Å². The maximum atomic E-state index is 5.87. The van der Waals surface area contributed by atoms with Crippen LogP contribution >= 0.6 is 24.0 Å². The number of thiocarbonyl (C=S) groups is 1. The molecular weight excluding hydrogens is 298 g/mol. The molecule has 1 fully saturated rings. The van der Waals surface area contributed by atoms with Gasteiger partial charge in [-0.2, -0.15) is 11.8 Å². The molecule has 0 aliphatic heterocycles. The normalized spacial score (nSPS) is 16.4. The number of anilines is 1. The van der Waals surface area contributed by atoms with Crippen molar-refractivity contribution in [2.24, 2.45) is 5.73 Å². The standard InChI is InChI=1S/C16H19N3S2/c1-21-16(7-4-8-16)10-18-15-12(14(17)20)9-11-5-2-3-6-13(11)19-15/h2-3,5-6,9H,4,7-8,10H2,1H3,(H2,17,20)(H,18,19). The first-order valence-electron chi connectivity index (χ1n) is 7.12. The zero-order valence-corrected chi connectivity index (χ0v) is 13.7. The van der Waals surface area contributed by atoms with Crippen LogP contribution in [-0.4, -0.2) is 27.5 Å². The fourth-order valence-corrected chi connectivity index (χ4v) is 3.78. The van der Waals surface area contributed by atoms with Gasteiger partial charge in [-0.3, -0.25) is 0 Å². The molecule has 110 valence electrons. The summed E-state index contributed by atoms with van der Waals surface area (Å²) in [5.41, 5.74) is 7.67. The first kappa shape index (κ1) is 14.6. The first-order chi connectivity index (χ1) is 10.1. The van der Waals surface area contributed by atoms with Crippen LogP contribution in [-0.2, 0) is 0 Å². The number of hydrogen-bond donors (Lipinski definition) is 2. The van der Waals surface area contributed by atoms with E-state index in [0.717, 1.165) is 28.8 Å². The maximum absolute atomic E-state index is 5.87. The zero-order valence-electron chi connectivity index (χ0n) is 12.1. The Morgan fingerprint density at radius 3 is 2.81 bits per heavy atom. The van der Waals surface area contributed by atoms with Crippen LogP contribution in [0.2, 0.25) is 0 Å². The van der Waals surface area contributed by atoms with Gasteiger partial charge in [-0.1, -0.05) is 36.8 Å². The van der Waals surface area contributed by atoms with Crippen molar-refractivity contribution in [2.45, 2.75) is 24.0 Å². The van der Waals surface area contributed by atoms with Gasteiger partial charge in [0.15, 0.2) is 0 Å². The Morgan fingerprint density at radius 1 is 1.43 bits per heavy atom.